The number of nitro groups is 1. The van der Waals surface area contributed by atoms with Gasteiger partial charge in [0, 0.05) is 35.8 Å². The van der Waals surface area contributed by atoms with Crippen molar-refractivity contribution in [3.05, 3.63) is 33.4 Å². The molecule has 24 heavy (non-hydrogen) atoms. The molecule has 6 heteroatoms. The lowest BCUT2D eigenvalue weighted by molar-refractivity contribution is -0.385. The lowest BCUT2D eigenvalue weighted by atomic mass is 9.87. The van der Waals surface area contributed by atoms with Gasteiger partial charge in [-0.05, 0) is 31.2 Å². The van der Waals surface area contributed by atoms with Gasteiger partial charge in [0.05, 0.1) is 11.5 Å². The summed E-state index contributed by atoms with van der Waals surface area (Å²) >= 11 is 0. The summed E-state index contributed by atoms with van der Waals surface area (Å²) in [5.74, 6) is 0.772. The first-order valence-electron chi connectivity index (χ1n) is 8.58. The van der Waals surface area contributed by atoms with Gasteiger partial charge in [0.15, 0.2) is 6.79 Å². The van der Waals surface area contributed by atoms with Gasteiger partial charge in [-0.1, -0.05) is 20.8 Å². The molecular formula is C18H26N2O4. The minimum Gasteiger partial charge on any atom is -0.467 e. The Labute approximate surface area is 142 Å². The standard InChI is InChI=1S/C18H26N2O4/c1-18(2,3)9-15-5-4-6-19(15)10-13-7-16(20(21)22)8-14-11-23-12-24-17(13)14/h7-8,15H,4-6,9-12H2,1-3H3/t15-/m0/s1. The van der Waals surface area contributed by atoms with Gasteiger partial charge in [0.2, 0.25) is 0 Å². The van der Waals surface area contributed by atoms with Crippen molar-refractivity contribution in [2.75, 3.05) is 13.3 Å². The SMILES string of the molecule is CC(C)(C)C[C@@H]1CCCN1Cc1cc([N+](=O)[O-])cc2c1OCOC2. The molecule has 1 atom stereocenters. The second kappa shape index (κ2) is 6.69. The molecule has 1 saturated heterocycles. The first kappa shape index (κ1) is 17.2. The Kier molecular flexibility index (Phi) is 4.78. The van der Waals surface area contributed by atoms with Gasteiger partial charge in [-0.25, -0.2) is 0 Å². The number of fused-ring (bicyclic) bond motifs is 1. The molecule has 0 aromatic heterocycles. The van der Waals surface area contributed by atoms with Crippen LogP contribution in [-0.4, -0.2) is 29.2 Å². The van der Waals surface area contributed by atoms with Crippen molar-refractivity contribution in [1.82, 2.24) is 4.90 Å². The van der Waals surface area contributed by atoms with Crippen molar-refractivity contribution in [2.24, 2.45) is 5.41 Å². The first-order valence-corrected chi connectivity index (χ1v) is 8.58. The number of likely N-dealkylation sites (tertiary alicyclic amines) is 1. The summed E-state index contributed by atoms with van der Waals surface area (Å²) in [4.78, 5) is 13.3. The van der Waals surface area contributed by atoms with Crippen LogP contribution in [0.2, 0.25) is 0 Å². The van der Waals surface area contributed by atoms with Gasteiger partial charge in [-0.2, -0.15) is 0 Å². The predicted octanol–water partition coefficient (Wildman–Crippen LogP) is 3.86. The Morgan fingerprint density at radius 3 is 2.88 bits per heavy atom. The third-order valence-corrected chi connectivity index (χ3v) is 4.70. The molecule has 0 spiro atoms. The number of hydrogen-bond acceptors (Lipinski definition) is 5. The Bertz CT molecular complexity index is 624. The molecule has 2 aliphatic rings. The summed E-state index contributed by atoms with van der Waals surface area (Å²) < 4.78 is 10.9. The zero-order chi connectivity index (χ0) is 17.3. The quantitative estimate of drug-likeness (QED) is 0.618. The van der Waals surface area contributed by atoms with E-state index in [9.17, 15) is 10.1 Å². The van der Waals surface area contributed by atoms with Crippen LogP contribution < -0.4 is 4.74 Å². The van der Waals surface area contributed by atoms with E-state index in [1.807, 2.05) is 0 Å². The van der Waals surface area contributed by atoms with Crippen LogP contribution in [0.5, 0.6) is 5.75 Å². The Morgan fingerprint density at radius 2 is 2.17 bits per heavy atom. The fourth-order valence-corrected chi connectivity index (χ4v) is 3.76. The lowest BCUT2D eigenvalue weighted by Crippen LogP contribution is -2.32. The van der Waals surface area contributed by atoms with Crippen molar-refractivity contribution in [1.29, 1.82) is 0 Å². The summed E-state index contributed by atoms with van der Waals surface area (Å²) in [5, 5.41) is 11.2. The first-order chi connectivity index (χ1) is 11.3. The maximum absolute atomic E-state index is 11.2. The number of nitrogens with zero attached hydrogens (tertiary/aromatic N) is 2. The normalized spacial score (nSPS) is 21.4. The minimum atomic E-state index is -0.338. The summed E-state index contributed by atoms with van der Waals surface area (Å²) in [7, 11) is 0. The molecule has 0 radical (unpaired) electrons. The van der Waals surface area contributed by atoms with Crippen LogP contribution >= 0.6 is 0 Å². The largest absolute Gasteiger partial charge is 0.467 e. The number of rotatable bonds is 4. The molecule has 3 rings (SSSR count). The molecule has 1 aromatic rings. The molecule has 6 nitrogen and oxygen atoms in total. The third kappa shape index (κ3) is 3.87. The molecular weight excluding hydrogens is 308 g/mol. The van der Waals surface area contributed by atoms with Crippen molar-refractivity contribution >= 4 is 5.69 Å². The molecule has 132 valence electrons. The highest BCUT2D eigenvalue weighted by atomic mass is 16.7. The number of benzene rings is 1. The Balaban J connectivity index is 1.85. The predicted molar refractivity (Wildman–Crippen MR) is 90.9 cm³/mol. The summed E-state index contributed by atoms with van der Waals surface area (Å²) in [6.45, 7) is 9.11. The fraction of sp³-hybridized carbons (Fsp3) is 0.667. The summed E-state index contributed by atoms with van der Waals surface area (Å²) in [6, 6.07) is 3.75. The second-order valence-corrected chi connectivity index (χ2v) is 7.99. The molecule has 2 aliphatic heterocycles. The van der Waals surface area contributed by atoms with Gasteiger partial charge in [0.25, 0.3) is 5.69 Å². The van der Waals surface area contributed by atoms with Gasteiger partial charge < -0.3 is 9.47 Å². The molecule has 1 aromatic carbocycles. The zero-order valence-electron chi connectivity index (χ0n) is 14.7. The van der Waals surface area contributed by atoms with E-state index in [1.54, 1.807) is 12.1 Å². The van der Waals surface area contributed by atoms with Crippen molar-refractivity contribution in [3.63, 3.8) is 0 Å². The maximum atomic E-state index is 11.2. The van der Waals surface area contributed by atoms with Crippen LogP contribution in [0.25, 0.3) is 0 Å². The van der Waals surface area contributed by atoms with Crippen LogP contribution in [0, 0.1) is 15.5 Å². The topological polar surface area (TPSA) is 64.8 Å². The summed E-state index contributed by atoms with van der Waals surface area (Å²) in [5.41, 5.74) is 2.07. The second-order valence-electron chi connectivity index (χ2n) is 7.99. The highest BCUT2D eigenvalue weighted by Gasteiger charge is 2.30. The molecule has 0 unspecified atom stereocenters. The number of hydrogen-bond donors (Lipinski definition) is 0. The average molecular weight is 334 g/mol. The van der Waals surface area contributed by atoms with Gasteiger partial charge in [-0.15, -0.1) is 0 Å². The van der Waals surface area contributed by atoms with Crippen LogP contribution in [0.4, 0.5) is 5.69 Å². The van der Waals surface area contributed by atoms with Crippen LogP contribution in [0.1, 0.15) is 51.2 Å². The van der Waals surface area contributed by atoms with Crippen LogP contribution in [0.3, 0.4) is 0 Å². The molecule has 1 fully saturated rings. The number of nitro benzene ring substituents is 1. The monoisotopic (exact) mass is 334 g/mol. The van der Waals surface area contributed by atoms with E-state index in [0.29, 0.717) is 19.2 Å². The summed E-state index contributed by atoms with van der Waals surface area (Å²) in [6.07, 6.45) is 3.51. The molecule has 0 aliphatic carbocycles. The molecule has 0 bridgehead atoms. The fourth-order valence-electron chi connectivity index (χ4n) is 3.76. The van der Waals surface area contributed by atoms with Crippen molar-refractivity contribution in [2.45, 2.75) is 59.2 Å². The molecule has 0 N–H and O–H groups in total. The highest BCUT2D eigenvalue weighted by Crippen LogP contribution is 2.36. The van der Waals surface area contributed by atoms with E-state index in [2.05, 4.69) is 25.7 Å². The van der Waals surface area contributed by atoms with Gasteiger partial charge in [0.1, 0.15) is 5.75 Å². The third-order valence-electron chi connectivity index (χ3n) is 4.70. The van der Waals surface area contributed by atoms with E-state index in [0.717, 1.165) is 29.8 Å². The number of non-ortho nitro benzene ring substituents is 1. The number of ether oxygens (including phenoxy) is 2. The average Bonchev–Trinajstić information content (AvgIpc) is 2.92. The van der Waals surface area contributed by atoms with E-state index < -0.39 is 0 Å². The van der Waals surface area contributed by atoms with Gasteiger partial charge >= 0.3 is 0 Å². The highest BCUT2D eigenvalue weighted by molar-refractivity contribution is 5.50. The van der Waals surface area contributed by atoms with Crippen LogP contribution in [-0.2, 0) is 17.9 Å². The van der Waals surface area contributed by atoms with E-state index in [1.165, 1.54) is 12.8 Å². The lowest BCUT2D eigenvalue weighted by Gasteiger charge is -2.31. The van der Waals surface area contributed by atoms with E-state index in [4.69, 9.17) is 9.47 Å². The molecule has 0 amide bonds. The van der Waals surface area contributed by atoms with E-state index in [-0.39, 0.29) is 22.8 Å². The van der Waals surface area contributed by atoms with Crippen molar-refractivity contribution < 1.29 is 14.4 Å². The smallest absolute Gasteiger partial charge is 0.270 e. The zero-order valence-corrected chi connectivity index (χ0v) is 14.7. The Hall–Kier alpha value is -1.66. The maximum Gasteiger partial charge on any atom is 0.270 e. The Morgan fingerprint density at radius 1 is 1.38 bits per heavy atom. The molecule has 0 saturated carbocycles. The van der Waals surface area contributed by atoms with E-state index >= 15 is 0 Å². The van der Waals surface area contributed by atoms with Crippen molar-refractivity contribution in [3.8, 4) is 5.75 Å². The van der Waals surface area contributed by atoms with Crippen LogP contribution in [0.15, 0.2) is 12.1 Å². The minimum absolute atomic E-state index is 0.115. The molecule has 2 heterocycles. The van der Waals surface area contributed by atoms with Gasteiger partial charge in [-0.3, -0.25) is 15.0 Å².